The summed E-state index contributed by atoms with van der Waals surface area (Å²) in [5.74, 6) is -0.726. The molecule has 1 N–H and O–H groups in total. The number of hydrogen-bond donors (Lipinski definition) is 1. The minimum atomic E-state index is -0.707. The van der Waals surface area contributed by atoms with E-state index in [0.717, 1.165) is 103 Å². The van der Waals surface area contributed by atoms with Gasteiger partial charge in [-0.2, -0.15) is 0 Å². The number of allylic oxidation sites excluding steroid dienone is 8. The van der Waals surface area contributed by atoms with Gasteiger partial charge in [-0.15, -0.1) is 0 Å². The van der Waals surface area contributed by atoms with Crippen molar-refractivity contribution in [1.82, 2.24) is 0 Å². The maximum atomic E-state index is 12.7. The smallest absolute Gasteiger partial charge is 0.306 e. The molecule has 272 valence electrons. The minimum absolute atomic E-state index is 0.0191. The van der Waals surface area contributed by atoms with Gasteiger partial charge in [0, 0.05) is 12.8 Å². The summed E-state index contributed by atoms with van der Waals surface area (Å²) in [4.78, 5) is 23.4. The number of carboxylic acid groups (broad SMARTS) is 1. The molecule has 0 aromatic heterocycles. The second-order valence-electron chi connectivity index (χ2n) is 13.4. The van der Waals surface area contributed by atoms with Crippen LogP contribution >= 0.6 is 0 Å². The SMILES string of the molecule is CC/C=C\C/C=C\C/C=C\C/C=C\CCCCC(CCCCCCCC(=O)O)OC(=O)CCCCCCCCCCCCCCCC. The maximum Gasteiger partial charge on any atom is 0.306 e. The fourth-order valence-corrected chi connectivity index (χ4v) is 5.88. The predicted molar refractivity (Wildman–Crippen MR) is 204 cm³/mol. The van der Waals surface area contributed by atoms with Crippen molar-refractivity contribution >= 4 is 11.9 Å². The summed E-state index contributed by atoms with van der Waals surface area (Å²) in [6.45, 7) is 4.44. The zero-order valence-electron chi connectivity index (χ0n) is 31.1. The molecular formula is C43H76O4. The van der Waals surface area contributed by atoms with Crippen LogP contribution in [0.4, 0.5) is 0 Å². The molecule has 0 aliphatic carbocycles. The molecule has 0 radical (unpaired) electrons. The van der Waals surface area contributed by atoms with Crippen LogP contribution in [-0.4, -0.2) is 23.1 Å². The van der Waals surface area contributed by atoms with Crippen LogP contribution in [0.15, 0.2) is 48.6 Å². The summed E-state index contributed by atoms with van der Waals surface area (Å²) in [6.07, 6.45) is 51.3. The largest absolute Gasteiger partial charge is 0.481 e. The molecule has 0 aliphatic heterocycles. The van der Waals surface area contributed by atoms with Crippen LogP contribution in [-0.2, 0) is 14.3 Å². The first-order chi connectivity index (χ1) is 23.1. The highest BCUT2D eigenvalue weighted by molar-refractivity contribution is 5.69. The number of ether oxygens (including phenoxy) is 1. The molecule has 0 amide bonds. The molecule has 0 bridgehead atoms. The van der Waals surface area contributed by atoms with Crippen LogP contribution in [0.1, 0.15) is 206 Å². The summed E-state index contributed by atoms with van der Waals surface area (Å²) >= 11 is 0. The number of carbonyl (C=O) groups is 2. The molecular weight excluding hydrogens is 580 g/mol. The maximum absolute atomic E-state index is 12.7. The molecule has 0 saturated heterocycles. The van der Waals surface area contributed by atoms with E-state index in [9.17, 15) is 9.59 Å². The van der Waals surface area contributed by atoms with Gasteiger partial charge in [-0.1, -0.05) is 165 Å². The van der Waals surface area contributed by atoms with Crippen molar-refractivity contribution in [1.29, 1.82) is 0 Å². The van der Waals surface area contributed by atoms with Gasteiger partial charge < -0.3 is 9.84 Å². The zero-order valence-corrected chi connectivity index (χ0v) is 31.1. The van der Waals surface area contributed by atoms with Crippen LogP contribution in [0.5, 0.6) is 0 Å². The van der Waals surface area contributed by atoms with Gasteiger partial charge in [-0.3, -0.25) is 9.59 Å². The quantitative estimate of drug-likeness (QED) is 0.0414. The topological polar surface area (TPSA) is 63.6 Å². The van der Waals surface area contributed by atoms with E-state index >= 15 is 0 Å². The Morgan fingerprint density at radius 2 is 0.894 bits per heavy atom. The lowest BCUT2D eigenvalue weighted by Gasteiger charge is -2.18. The Bertz CT molecular complexity index is 794. The van der Waals surface area contributed by atoms with Gasteiger partial charge in [0.2, 0.25) is 0 Å². The lowest BCUT2D eigenvalue weighted by atomic mass is 10.0. The molecule has 0 spiro atoms. The van der Waals surface area contributed by atoms with Crippen molar-refractivity contribution in [2.24, 2.45) is 0 Å². The Hall–Kier alpha value is -2.10. The van der Waals surface area contributed by atoms with E-state index in [4.69, 9.17) is 9.84 Å². The highest BCUT2D eigenvalue weighted by Crippen LogP contribution is 2.18. The molecule has 1 atom stereocenters. The summed E-state index contributed by atoms with van der Waals surface area (Å²) in [7, 11) is 0. The van der Waals surface area contributed by atoms with Gasteiger partial charge in [0.1, 0.15) is 6.10 Å². The van der Waals surface area contributed by atoms with Gasteiger partial charge >= 0.3 is 11.9 Å². The Balaban J connectivity index is 4.13. The van der Waals surface area contributed by atoms with Gasteiger partial charge in [-0.05, 0) is 77.0 Å². The van der Waals surface area contributed by atoms with E-state index in [1.807, 2.05) is 0 Å². The van der Waals surface area contributed by atoms with E-state index < -0.39 is 5.97 Å². The normalized spacial score (nSPS) is 12.7. The predicted octanol–water partition coefficient (Wildman–Crippen LogP) is 14.0. The fourth-order valence-electron chi connectivity index (χ4n) is 5.88. The molecule has 0 heterocycles. The van der Waals surface area contributed by atoms with Gasteiger partial charge in [-0.25, -0.2) is 0 Å². The molecule has 0 saturated carbocycles. The zero-order chi connectivity index (χ0) is 34.3. The molecule has 47 heavy (non-hydrogen) atoms. The Morgan fingerprint density at radius 3 is 1.38 bits per heavy atom. The molecule has 0 aromatic carbocycles. The summed E-state index contributed by atoms with van der Waals surface area (Å²) in [6, 6.07) is 0. The van der Waals surface area contributed by atoms with Crippen LogP contribution < -0.4 is 0 Å². The third-order valence-electron chi connectivity index (χ3n) is 8.82. The van der Waals surface area contributed by atoms with E-state index in [2.05, 4.69) is 62.5 Å². The second-order valence-corrected chi connectivity index (χ2v) is 13.4. The average molecular weight is 657 g/mol. The van der Waals surface area contributed by atoms with E-state index in [-0.39, 0.29) is 18.5 Å². The second kappa shape index (κ2) is 38.3. The summed E-state index contributed by atoms with van der Waals surface area (Å²) in [5, 5.41) is 8.82. The van der Waals surface area contributed by atoms with Crippen LogP contribution in [0.3, 0.4) is 0 Å². The first kappa shape index (κ1) is 44.9. The first-order valence-electron chi connectivity index (χ1n) is 20.1. The molecule has 1 unspecified atom stereocenters. The van der Waals surface area contributed by atoms with Crippen LogP contribution in [0.25, 0.3) is 0 Å². The lowest BCUT2D eigenvalue weighted by molar-refractivity contribution is -0.150. The standard InChI is InChI=1S/C43H76O4/c1-3-5-7-9-11-13-15-17-19-20-22-24-26-29-33-37-41(38-34-30-28-31-35-39-42(44)45)47-43(46)40-36-32-27-25-23-21-18-16-14-12-10-8-6-4-2/h5,7,11,13,17,19,22,24,41H,3-4,6,8-10,12,14-16,18,20-21,23,25-40H2,1-2H3,(H,44,45)/b7-5-,13-11-,19-17-,24-22-. The Labute approximate surface area is 292 Å². The molecule has 0 aromatic rings. The number of carboxylic acids is 1. The summed E-state index contributed by atoms with van der Waals surface area (Å²) in [5.41, 5.74) is 0. The number of aliphatic carboxylic acids is 1. The average Bonchev–Trinajstić information content (AvgIpc) is 3.05. The third-order valence-corrected chi connectivity index (χ3v) is 8.82. The van der Waals surface area contributed by atoms with Gasteiger partial charge in [0.05, 0.1) is 0 Å². The number of carbonyl (C=O) groups excluding carboxylic acids is 1. The molecule has 4 heteroatoms. The number of hydrogen-bond acceptors (Lipinski definition) is 3. The van der Waals surface area contributed by atoms with Gasteiger partial charge in [0.25, 0.3) is 0 Å². The third kappa shape index (κ3) is 38.2. The lowest BCUT2D eigenvalue weighted by Crippen LogP contribution is -2.18. The van der Waals surface area contributed by atoms with E-state index in [1.54, 1.807) is 0 Å². The van der Waals surface area contributed by atoms with Crippen molar-refractivity contribution in [2.75, 3.05) is 0 Å². The number of esters is 1. The van der Waals surface area contributed by atoms with Crippen LogP contribution in [0.2, 0.25) is 0 Å². The molecule has 0 rings (SSSR count). The van der Waals surface area contributed by atoms with Crippen molar-refractivity contribution in [2.45, 2.75) is 213 Å². The van der Waals surface area contributed by atoms with Crippen molar-refractivity contribution < 1.29 is 19.4 Å². The van der Waals surface area contributed by atoms with Crippen molar-refractivity contribution in [3.63, 3.8) is 0 Å². The monoisotopic (exact) mass is 657 g/mol. The Kier molecular flexibility index (Phi) is 36.6. The first-order valence-corrected chi connectivity index (χ1v) is 20.1. The summed E-state index contributed by atoms with van der Waals surface area (Å²) < 4.78 is 5.99. The Morgan fingerprint density at radius 1 is 0.489 bits per heavy atom. The van der Waals surface area contributed by atoms with E-state index in [1.165, 1.54) is 77.0 Å². The molecule has 4 nitrogen and oxygen atoms in total. The highest BCUT2D eigenvalue weighted by Gasteiger charge is 2.14. The van der Waals surface area contributed by atoms with Gasteiger partial charge in [0.15, 0.2) is 0 Å². The number of unbranched alkanes of at least 4 members (excludes halogenated alkanes) is 19. The van der Waals surface area contributed by atoms with Crippen molar-refractivity contribution in [3.8, 4) is 0 Å². The highest BCUT2D eigenvalue weighted by atomic mass is 16.5. The van der Waals surface area contributed by atoms with E-state index in [0.29, 0.717) is 6.42 Å². The van der Waals surface area contributed by atoms with Crippen molar-refractivity contribution in [3.05, 3.63) is 48.6 Å². The minimum Gasteiger partial charge on any atom is -0.481 e. The van der Waals surface area contributed by atoms with Crippen LogP contribution in [0, 0.1) is 0 Å². The molecule has 0 aliphatic rings. The molecule has 0 fully saturated rings. The number of rotatable bonds is 36. The fraction of sp³-hybridized carbons (Fsp3) is 0.767.